The maximum absolute atomic E-state index is 13.4. The molecule has 0 aliphatic rings. The summed E-state index contributed by atoms with van der Waals surface area (Å²) in [4.78, 5) is 24.3. The van der Waals surface area contributed by atoms with Crippen LogP contribution in [0.25, 0.3) is 33.5 Å². The first-order valence-electron chi connectivity index (χ1n) is 9.35. The van der Waals surface area contributed by atoms with Crippen LogP contribution in [-0.2, 0) is 4.79 Å². The Kier molecular flexibility index (Phi) is 5.31. The minimum Gasteiger partial charge on any atom is -0.339 e. The average molecular weight is 389 g/mol. The smallest absolute Gasteiger partial charge is 0.225 e. The Bertz CT molecular complexity index is 1140. The molecule has 0 aliphatic heterocycles. The van der Waals surface area contributed by atoms with E-state index in [4.69, 9.17) is 5.73 Å². The second kappa shape index (κ2) is 8.20. The lowest BCUT2D eigenvalue weighted by atomic mass is 10.0. The molecule has 0 saturated heterocycles. The number of carbonyl (C=O) groups is 1. The third-order valence-electron chi connectivity index (χ3n) is 4.59. The van der Waals surface area contributed by atoms with Crippen LogP contribution in [0.1, 0.15) is 12.8 Å². The summed E-state index contributed by atoms with van der Waals surface area (Å²) in [5, 5.41) is 3.66. The largest absolute Gasteiger partial charge is 0.339 e. The van der Waals surface area contributed by atoms with Crippen molar-refractivity contribution < 1.29 is 9.18 Å². The zero-order valence-electron chi connectivity index (χ0n) is 15.7. The van der Waals surface area contributed by atoms with Crippen molar-refractivity contribution in [3.63, 3.8) is 0 Å². The van der Waals surface area contributed by atoms with Crippen molar-refractivity contribution in [1.29, 1.82) is 0 Å². The fraction of sp³-hybridized carbons (Fsp3) is 0.136. The SMILES string of the molecule is NCCCC(=O)Nc1ccc2c(-c3ccccn3)c(-c3ccc(F)cc3)[nH]c2n1. The summed E-state index contributed by atoms with van der Waals surface area (Å²) in [6.07, 6.45) is 2.69. The normalized spacial score (nSPS) is 11.0. The minimum absolute atomic E-state index is 0.127. The molecule has 1 aromatic carbocycles. The molecule has 0 aliphatic carbocycles. The number of hydrogen-bond acceptors (Lipinski definition) is 4. The monoisotopic (exact) mass is 389 g/mol. The lowest BCUT2D eigenvalue weighted by Gasteiger charge is -2.05. The van der Waals surface area contributed by atoms with Crippen molar-refractivity contribution in [2.75, 3.05) is 11.9 Å². The molecule has 3 heterocycles. The topological polar surface area (TPSA) is 96.7 Å². The number of anilines is 1. The fourth-order valence-electron chi connectivity index (χ4n) is 3.22. The number of H-pyrrole nitrogens is 1. The van der Waals surface area contributed by atoms with Gasteiger partial charge >= 0.3 is 0 Å². The zero-order chi connectivity index (χ0) is 20.2. The Morgan fingerprint density at radius 1 is 1.10 bits per heavy atom. The van der Waals surface area contributed by atoms with Gasteiger partial charge in [-0.2, -0.15) is 0 Å². The number of aromatic amines is 1. The summed E-state index contributed by atoms with van der Waals surface area (Å²) in [5.41, 5.74) is 9.33. The molecule has 0 saturated carbocycles. The Morgan fingerprint density at radius 2 is 1.93 bits per heavy atom. The van der Waals surface area contributed by atoms with E-state index in [-0.39, 0.29) is 11.7 Å². The van der Waals surface area contributed by atoms with E-state index in [2.05, 4.69) is 20.3 Å². The first-order valence-corrected chi connectivity index (χ1v) is 9.35. The van der Waals surface area contributed by atoms with Gasteiger partial charge in [-0.3, -0.25) is 9.78 Å². The lowest BCUT2D eigenvalue weighted by Crippen LogP contribution is -2.14. The number of rotatable bonds is 6. The van der Waals surface area contributed by atoms with E-state index in [0.717, 1.165) is 27.9 Å². The number of nitrogens with one attached hydrogen (secondary N) is 2. The van der Waals surface area contributed by atoms with E-state index in [0.29, 0.717) is 30.9 Å². The van der Waals surface area contributed by atoms with Gasteiger partial charge in [0.25, 0.3) is 0 Å². The number of fused-ring (bicyclic) bond motifs is 1. The summed E-state index contributed by atoms with van der Waals surface area (Å²) < 4.78 is 13.4. The maximum Gasteiger partial charge on any atom is 0.225 e. The van der Waals surface area contributed by atoms with Crippen molar-refractivity contribution in [3.05, 3.63) is 66.6 Å². The lowest BCUT2D eigenvalue weighted by molar-refractivity contribution is -0.116. The highest BCUT2D eigenvalue weighted by Crippen LogP contribution is 2.37. The standard InChI is InChI=1S/C22H20FN5O/c23-15-8-6-14(7-9-15)21-20(17-4-1-2-13-25-17)16-10-11-18(27-22(16)28-21)26-19(29)5-3-12-24/h1-2,4,6-11,13H,3,5,12,24H2,(H2,26,27,28,29). The van der Waals surface area contributed by atoms with Gasteiger partial charge in [0.15, 0.2) is 0 Å². The number of aromatic nitrogens is 3. The molecular weight excluding hydrogens is 369 g/mol. The third-order valence-corrected chi connectivity index (χ3v) is 4.59. The highest BCUT2D eigenvalue weighted by Gasteiger charge is 2.17. The van der Waals surface area contributed by atoms with Crippen LogP contribution in [0, 0.1) is 5.82 Å². The molecule has 1 amide bonds. The molecule has 4 N–H and O–H groups in total. The molecule has 3 aromatic heterocycles. The number of nitrogens with two attached hydrogens (primary N) is 1. The summed E-state index contributed by atoms with van der Waals surface area (Å²) in [5.74, 6) is 0.0291. The Labute approximate surface area is 167 Å². The maximum atomic E-state index is 13.4. The molecule has 29 heavy (non-hydrogen) atoms. The molecule has 0 unspecified atom stereocenters. The molecule has 0 radical (unpaired) electrons. The van der Waals surface area contributed by atoms with Crippen LogP contribution in [0.5, 0.6) is 0 Å². The molecular formula is C22H20FN5O. The number of halogens is 1. The number of amides is 1. The summed E-state index contributed by atoms with van der Waals surface area (Å²) >= 11 is 0. The predicted octanol–water partition coefficient (Wildman–Crippen LogP) is 4.11. The second-order valence-corrected chi connectivity index (χ2v) is 6.63. The Morgan fingerprint density at radius 3 is 2.66 bits per heavy atom. The van der Waals surface area contributed by atoms with Crippen LogP contribution in [0.2, 0.25) is 0 Å². The van der Waals surface area contributed by atoms with Crippen LogP contribution in [0.15, 0.2) is 60.8 Å². The molecule has 146 valence electrons. The van der Waals surface area contributed by atoms with Crippen molar-refractivity contribution in [1.82, 2.24) is 15.0 Å². The summed E-state index contributed by atoms with van der Waals surface area (Å²) in [6, 6.07) is 15.6. The van der Waals surface area contributed by atoms with Gasteiger partial charge in [0.1, 0.15) is 17.3 Å². The highest BCUT2D eigenvalue weighted by molar-refractivity contribution is 6.02. The average Bonchev–Trinajstić information content (AvgIpc) is 3.12. The van der Waals surface area contributed by atoms with Crippen LogP contribution in [-0.4, -0.2) is 27.4 Å². The number of nitrogens with zero attached hydrogens (tertiary/aromatic N) is 2. The first kappa shape index (κ1) is 18.8. The highest BCUT2D eigenvalue weighted by atomic mass is 19.1. The van der Waals surface area contributed by atoms with Gasteiger partial charge in [-0.25, -0.2) is 9.37 Å². The van der Waals surface area contributed by atoms with Crippen LogP contribution < -0.4 is 11.1 Å². The third kappa shape index (κ3) is 4.00. The molecule has 7 heteroatoms. The van der Waals surface area contributed by atoms with Crippen LogP contribution >= 0.6 is 0 Å². The van der Waals surface area contributed by atoms with Gasteiger partial charge in [0.05, 0.1) is 11.4 Å². The van der Waals surface area contributed by atoms with Crippen molar-refractivity contribution in [3.8, 4) is 22.5 Å². The second-order valence-electron chi connectivity index (χ2n) is 6.63. The Hall–Kier alpha value is -3.58. The predicted molar refractivity (Wildman–Crippen MR) is 112 cm³/mol. The zero-order valence-corrected chi connectivity index (χ0v) is 15.7. The quantitative estimate of drug-likeness (QED) is 0.462. The van der Waals surface area contributed by atoms with E-state index >= 15 is 0 Å². The molecule has 4 rings (SSSR count). The fourth-order valence-corrected chi connectivity index (χ4v) is 3.22. The Balaban J connectivity index is 1.80. The van der Waals surface area contributed by atoms with E-state index in [1.807, 2.05) is 24.3 Å². The summed E-state index contributed by atoms with van der Waals surface area (Å²) in [7, 11) is 0. The van der Waals surface area contributed by atoms with Crippen molar-refractivity contribution >= 4 is 22.8 Å². The van der Waals surface area contributed by atoms with E-state index < -0.39 is 0 Å². The number of pyridine rings is 2. The van der Waals surface area contributed by atoms with E-state index in [1.54, 1.807) is 24.4 Å². The first-order chi connectivity index (χ1) is 14.2. The van der Waals surface area contributed by atoms with Gasteiger partial charge < -0.3 is 16.0 Å². The molecule has 0 atom stereocenters. The molecule has 0 fully saturated rings. The molecule has 4 aromatic rings. The molecule has 0 bridgehead atoms. The van der Waals surface area contributed by atoms with Crippen molar-refractivity contribution in [2.45, 2.75) is 12.8 Å². The van der Waals surface area contributed by atoms with Gasteiger partial charge in [-0.1, -0.05) is 6.07 Å². The number of carbonyl (C=O) groups excluding carboxylic acids is 1. The van der Waals surface area contributed by atoms with Gasteiger partial charge in [0.2, 0.25) is 5.91 Å². The molecule has 0 spiro atoms. The van der Waals surface area contributed by atoms with Gasteiger partial charge in [0, 0.05) is 23.6 Å². The van der Waals surface area contributed by atoms with Crippen LogP contribution in [0.3, 0.4) is 0 Å². The van der Waals surface area contributed by atoms with Gasteiger partial charge in [-0.15, -0.1) is 0 Å². The number of benzene rings is 1. The van der Waals surface area contributed by atoms with E-state index in [1.165, 1.54) is 12.1 Å². The van der Waals surface area contributed by atoms with Crippen LogP contribution in [0.4, 0.5) is 10.2 Å². The van der Waals surface area contributed by atoms with Gasteiger partial charge in [-0.05, 0) is 67.1 Å². The van der Waals surface area contributed by atoms with E-state index in [9.17, 15) is 9.18 Å². The summed E-state index contributed by atoms with van der Waals surface area (Å²) in [6.45, 7) is 0.463. The minimum atomic E-state index is -0.301. The molecule has 6 nitrogen and oxygen atoms in total. The van der Waals surface area contributed by atoms with Crippen molar-refractivity contribution in [2.24, 2.45) is 5.73 Å². The number of hydrogen-bond donors (Lipinski definition) is 3.